The number of fused-ring (bicyclic) bond motifs is 1. The Balaban J connectivity index is 1.51. The quantitative estimate of drug-likeness (QED) is 0.669. The molecule has 0 spiro atoms. The highest BCUT2D eigenvalue weighted by molar-refractivity contribution is 6.00. The Morgan fingerprint density at radius 2 is 1.66 bits per heavy atom. The number of aromatic nitrogens is 2. The van der Waals surface area contributed by atoms with E-state index in [4.69, 9.17) is 9.47 Å². The van der Waals surface area contributed by atoms with Crippen LogP contribution in [-0.2, 0) is 0 Å². The predicted octanol–water partition coefficient (Wildman–Crippen LogP) is 3.41. The van der Waals surface area contributed by atoms with Gasteiger partial charge in [0, 0.05) is 12.1 Å². The van der Waals surface area contributed by atoms with Crippen LogP contribution in [0.25, 0.3) is 11.0 Å². The van der Waals surface area contributed by atoms with Gasteiger partial charge in [-0.3, -0.25) is 9.78 Å². The van der Waals surface area contributed by atoms with Crippen LogP contribution in [0.2, 0.25) is 0 Å². The number of para-hydroxylation sites is 2. The second kappa shape index (κ2) is 8.34. The van der Waals surface area contributed by atoms with Gasteiger partial charge < -0.3 is 20.1 Å². The number of rotatable bonds is 6. The highest BCUT2D eigenvalue weighted by Crippen LogP contribution is 2.29. The average molecular weight is 392 g/mol. The molecule has 1 saturated carbocycles. The van der Waals surface area contributed by atoms with E-state index in [9.17, 15) is 4.79 Å². The Bertz CT molecular complexity index is 1000. The van der Waals surface area contributed by atoms with Crippen molar-refractivity contribution in [3.8, 4) is 11.5 Å². The Hall–Kier alpha value is -3.35. The third kappa shape index (κ3) is 3.94. The normalized spacial score (nSPS) is 18.4. The second-order valence-electron chi connectivity index (χ2n) is 7.04. The van der Waals surface area contributed by atoms with Crippen molar-refractivity contribution in [2.24, 2.45) is 0 Å². The lowest BCUT2D eigenvalue weighted by Gasteiger charge is -2.23. The van der Waals surface area contributed by atoms with Crippen molar-refractivity contribution in [1.29, 1.82) is 0 Å². The first-order valence-electron chi connectivity index (χ1n) is 9.70. The van der Waals surface area contributed by atoms with Crippen molar-refractivity contribution in [2.45, 2.75) is 31.3 Å². The van der Waals surface area contributed by atoms with E-state index in [1.807, 2.05) is 24.3 Å². The number of anilines is 1. The number of nitrogens with zero attached hydrogens (tertiary/aromatic N) is 2. The van der Waals surface area contributed by atoms with Gasteiger partial charge >= 0.3 is 0 Å². The van der Waals surface area contributed by atoms with Crippen LogP contribution in [0.15, 0.2) is 48.7 Å². The molecule has 1 aliphatic carbocycles. The molecule has 0 bridgehead atoms. The molecule has 150 valence electrons. The van der Waals surface area contributed by atoms with E-state index in [-0.39, 0.29) is 18.0 Å². The molecule has 29 heavy (non-hydrogen) atoms. The fraction of sp³-hybridized carbons (Fsp3) is 0.318. The number of amides is 1. The molecular formula is C22H24N4O3. The third-order valence-electron chi connectivity index (χ3n) is 5.27. The van der Waals surface area contributed by atoms with Gasteiger partial charge in [0.05, 0.1) is 31.4 Å². The molecule has 1 aliphatic rings. The smallest absolute Gasteiger partial charge is 0.259 e. The Morgan fingerprint density at radius 3 is 2.38 bits per heavy atom. The minimum Gasteiger partial charge on any atom is -0.496 e. The van der Waals surface area contributed by atoms with Crippen LogP contribution in [0.4, 0.5) is 5.82 Å². The summed E-state index contributed by atoms with van der Waals surface area (Å²) in [6, 6.07) is 13.1. The average Bonchev–Trinajstić information content (AvgIpc) is 3.19. The summed E-state index contributed by atoms with van der Waals surface area (Å²) < 4.78 is 10.7. The molecule has 0 radical (unpaired) electrons. The zero-order valence-electron chi connectivity index (χ0n) is 16.5. The van der Waals surface area contributed by atoms with Crippen LogP contribution < -0.4 is 20.1 Å². The summed E-state index contributed by atoms with van der Waals surface area (Å²) in [5, 5.41) is 6.59. The Labute approximate surface area is 169 Å². The molecule has 7 heteroatoms. The minimum atomic E-state index is -0.206. The highest BCUT2D eigenvalue weighted by Gasteiger charge is 2.30. The predicted molar refractivity (Wildman–Crippen MR) is 112 cm³/mol. The first-order valence-corrected chi connectivity index (χ1v) is 9.70. The molecule has 0 aliphatic heterocycles. The second-order valence-corrected chi connectivity index (χ2v) is 7.04. The summed E-state index contributed by atoms with van der Waals surface area (Å²) in [5.74, 6) is 1.49. The van der Waals surface area contributed by atoms with Crippen LogP contribution in [0.3, 0.4) is 0 Å². The number of hydrogen-bond acceptors (Lipinski definition) is 6. The standard InChI is InChI=1S/C22H24N4O3/c1-28-18-11-6-12-19(29-2)21(18)22(27)26-17-10-5-9-16(17)25-20-13-23-14-7-3-4-8-15(14)24-20/h3-4,6-8,11-13,16-17H,5,9-10H2,1-2H3,(H,24,25)(H,26,27)/t16-,17?/m0/s1. The van der Waals surface area contributed by atoms with E-state index in [0.29, 0.717) is 22.9 Å². The fourth-order valence-corrected chi connectivity index (χ4v) is 3.84. The highest BCUT2D eigenvalue weighted by atomic mass is 16.5. The Kier molecular flexibility index (Phi) is 5.46. The SMILES string of the molecule is COc1cccc(OC)c1C(=O)NC1CCC[C@@H]1Nc1cnc2ccccc2n1. The maximum absolute atomic E-state index is 13.0. The van der Waals surface area contributed by atoms with Gasteiger partial charge in [-0.05, 0) is 43.5 Å². The first-order chi connectivity index (χ1) is 14.2. The zero-order valence-corrected chi connectivity index (χ0v) is 16.5. The summed E-state index contributed by atoms with van der Waals surface area (Å²) in [4.78, 5) is 22.1. The molecule has 1 aromatic heterocycles. The molecule has 1 unspecified atom stereocenters. The summed E-state index contributed by atoms with van der Waals surface area (Å²) in [5.41, 5.74) is 2.11. The van der Waals surface area contributed by atoms with Crippen molar-refractivity contribution >= 4 is 22.8 Å². The maximum atomic E-state index is 13.0. The third-order valence-corrected chi connectivity index (χ3v) is 5.27. The van der Waals surface area contributed by atoms with Crippen LogP contribution in [0, 0.1) is 0 Å². The van der Waals surface area contributed by atoms with E-state index in [1.165, 1.54) is 0 Å². The van der Waals surface area contributed by atoms with Crippen molar-refractivity contribution in [1.82, 2.24) is 15.3 Å². The van der Waals surface area contributed by atoms with E-state index < -0.39 is 0 Å². The van der Waals surface area contributed by atoms with Gasteiger partial charge in [0.15, 0.2) is 0 Å². The number of methoxy groups -OCH3 is 2. The number of benzene rings is 2. The fourth-order valence-electron chi connectivity index (χ4n) is 3.84. The maximum Gasteiger partial charge on any atom is 0.259 e. The molecule has 0 saturated heterocycles. The molecule has 7 nitrogen and oxygen atoms in total. The van der Waals surface area contributed by atoms with E-state index >= 15 is 0 Å². The lowest BCUT2D eigenvalue weighted by Crippen LogP contribution is -2.43. The molecule has 1 fully saturated rings. The molecule has 1 amide bonds. The van der Waals surface area contributed by atoms with Crippen LogP contribution in [-0.4, -0.2) is 42.2 Å². The molecule has 1 heterocycles. The van der Waals surface area contributed by atoms with E-state index in [1.54, 1.807) is 38.6 Å². The number of carbonyl (C=O) groups is 1. The van der Waals surface area contributed by atoms with Gasteiger partial charge in [0.1, 0.15) is 22.9 Å². The van der Waals surface area contributed by atoms with Crippen LogP contribution >= 0.6 is 0 Å². The summed E-state index contributed by atoms with van der Waals surface area (Å²) in [6.45, 7) is 0. The van der Waals surface area contributed by atoms with E-state index in [0.717, 1.165) is 30.3 Å². The van der Waals surface area contributed by atoms with Crippen LogP contribution in [0.1, 0.15) is 29.6 Å². The zero-order chi connectivity index (χ0) is 20.2. The van der Waals surface area contributed by atoms with Gasteiger partial charge in [0.2, 0.25) is 0 Å². The van der Waals surface area contributed by atoms with Gasteiger partial charge in [-0.15, -0.1) is 0 Å². The number of nitrogens with one attached hydrogen (secondary N) is 2. The van der Waals surface area contributed by atoms with Crippen molar-refractivity contribution in [3.63, 3.8) is 0 Å². The molecule has 4 rings (SSSR count). The van der Waals surface area contributed by atoms with Gasteiger partial charge in [-0.25, -0.2) is 4.98 Å². The summed E-state index contributed by atoms with van der Waals surface area (Å²) >= 11 is 0. The topological polar surface area (TPSA) is 85.4 Å². The molecular weight excluding hydrogens is 368 g/mol. The molecule has 3 aromatic rings. The van der Waals surface area contributed by atoms with Crippen molar-refractivity contribution in [2.75, 3.05) is 19.5 Å². The Morgan fingerprint density at radius 1 is 0.966 bits per heavy atom. The van der Waals surface area contributed by atoms with Crippen molar-refractivity contribution in [3.05, 3.63) is 54.2 Å². The van der Waals surface area contributed by atoms with E-state index in [2.05, 4.69) is 20.6 Å². The van der Waals surface area contributed by atoms with Gasteiger partial charge in [0.25, 0.3) is 5.91 Å². The van der Waals surface area contributed by atoms with Crippen molar-refractivity contribution < 1.29 is 14.3 Å². The first kappa shape index (κ1) is 19.0. The molecule has 2 N–H and O–H groups in total. The number of carbonyl (C=O) groups excluding carboxylic acids is 1. The number of hydrogen-bond donors (Lipinski definition) is 2. The largest absolute Gasteiger partial charge is 0.496 e. The lowest BCUT2D eigenvalue weighted by atomic mass is 10.1. The molecule has 2 atom stereocenters. The summed E-state index contributed by atoms with van der Waals surface area (Å²) in [7, 11) is 3.09. The van der Waals surface area contributed by atoms with Crippen LogP contribution in [0.5, 0.6) is 11.5 Å². The lowest BCUT2D eigenvalue weighted by molar-refractivity contribution is 0.0929. The number of ether oxygens (including phenoxy) is 2. The molecule has 2 aromatic carbocycles. The monoisotopic (exact) mass is 392 g/mol. The van der Waals surface area contributed by atoms with Gasteiger partial charge in [-0.1, -0.05) is 18.2 Å². The van der Waals surface area contributed by atoms with Gasteiger partial charge in [-0.2, -0.15) is 0 Å². The summed E-state index contributed by atoms with van der Waals surface area (Å²) in [6.07, 6.45) is 4.60. The minimum absolute atomic E-state index is 0.0228.